The van der Waals surface area contributed by atoms with E-state index in [1.807, 2.05) is 0 Å². The van der Waals surface area contributed by atoms with Crippen molar-refractivity contribution in [2.24, 2.45) is 5.73 Å². The lowest BCUT2D eigenvalue weighted by atomic mass is 10.0. The molecule has 0 spiro atoms. The van der Waals surface area contributed by atoms with E-state index in [0.717, 1.165) is 30.9 Å². The summed E-state index contributed by atoms with van der Waals surface area (Å²) in [7, 11) is 0. The zero-order valence-electron chi connectivity index (χ0n) is 12.6. The summed E-state index contributed by atoms with van der Waals surface area (Å²) in [5, 5.41) is 2.43. The summed E-state index contributed by atoms with van der Waals surface area (Å²) in [4.78, 5) is 2.52. The first-order chi connectivity index (χ1) is 10.4. The summed E-state index contributed by atoms with van der Waals surface area (Å²) in [6, 6.07) is 12.5. The molecule has 1 heterocycles. The molecule has 0 saturated carbocycles. The van der Waals surface area contributed by atoms with Crippen LogP contribution in [-0.4, -0.2) is 31.1 Å². The first kappa shape index (κ1) is 14.4. The van der Waals surface area contributed by atoms with Crippen molar-refractivity contribution < 1.29 is 4.74 Å². The van der Waals surface area contributed by atoms with Gasteiger partial charge >= 0.3 is 0 Å². The van der Waals surface area contributed by atoms with E-state index in [-0.39, 0.29) is 0 Å². The van der Waals surface area contributed by atoms with Crippen LogP contribution in [0.15, 0.2) is 36.4 Å². The Morgan fingerprint density at radius 1 is 1.05 bits per heavy atom. The largest absolute Gasteiger partial charge is 0.493 e. The van der Waals surface area contributed by atoms with Crippen molar-refractivity contribution in [1.82, 2.24) is 4.90 Å². The van der Waals surface area contributed by atoms with E-state index in [0.29, 0.717) is 6.54 Å². The molecule has 1 saturated heterocycles. The van der Waals surface area contributed by atoms with Crippen LogP contribution < -0.4 is 10.5 Å². The van der Waals surface area contributed by atoms with Crippen molar-refractivity contribution in [2.75, 3.05) is 26.2 Å². The van der Waals surface area contributed by atoms with Gasteiger partial charge in [0.25, 0.3) is 0 Å². The Labute approximate surface area is 126 Å². The third kappa shape index (κ3) is 3.36. The summed E-state index contributed by atoms with van der Waals surface area (Å²) in [6.45, 7) is 4.93. The highest BCUT2D eigenvalue weighted by atomic mass is 16.5. The van der Waals surface area contributed by atoms with Crippen LogP contribution in [0.25, 0.3) is 10.8 Å². The molecule has 2 aromatic carbocycles. The molecular weight excluding hydrogens is 260 g/mol. The third-order valence-corrected chi connectivity index (χ3v) is 4.28. The summed E-state index contributed by atoms with van der Waals surface area (Å²) < 4.78 is 5.99. The SMILES string of the molecule is NCc1c(OCCCN2CCCC2)ccc2ccccc12. The van der Waals surface area contributed by atoms with Gasteiger partial charge in [-0.15, -0.1) is 0 Å². The van der Waals surface area contributed by atoms with E-state index in [2.05, 4.69) is 41.3 Å². The van der Waals surface area contributed by atoms with Gasteiger partial charge in [0.2, 0.25) is 0 Å². The molecular formula is C18H24N2O. The molecule has 0 radical (unpaired) electrons. The second-order valence-corrected chi connectivity index (χ2v) is 5.72. The van der Waals surface area contributed by atoms with Crippen molar-refractivity contribution in [3.63, 3.8) is 0 Å². The number of hydrogen-bond donors (Lipinski definition) is 1. The Bertz CT molecular complexity index is 591. The molecule has 112 valence electrons. The molecule has 3 rings (SSSR count). The minimum absolute atomic E-state index is 0.517. The normalized spacial score (nSPS) is 15.7. The summed E-state index contributed by atoms with van der Waals surface area (Å²) in [5.41, 5.74) is 7.05. The fourth-order valence-electron chi connectivity index (χ4n) is 3.14. The molecule has 0 bridgehead atoms. The van der Waals surface area contributed by atoms with Crippen LogP contribution in [0.5, 0.6) is 5.75 Å². The lowest BCUT2D eigenvalue weighted by Gasteiger charge is -2.16. The van der Waals surface area contributed by atoms with E-state index in [4.69, 9.17) is 10.5 Å². The van der Waals surface area contributed by atoms with Gasteiger partial charge in [0.15, 0.2) is 0 Å². The zero-order valence-corrected chi connectivity index (χ0v) is 12.6. The van der Waals surface area contributed by atoms with Gasteiger partial charge in [-0.1, -0.05) is 30.3 Å². The third-order valence-electron chi connectivity index (χ3n) is 4.28. The fourth-order valence-corrected chi connectivity index (χ4v) is 3.14. The Kier molecular flexibility index (Phi) is 4.73. The van der Waals surface area contributed by atoms with Crippen LogP contribution in [0, 0.1) is 0 Å². The number of benzene rings is 2. The Morgan fingerprint density at radius 2 is 1.86 bits per heavy atom. The van der Waals surface area contributed by atoms with Crippen molar-refractivity contribution >= 4 is 10.8 Å². The van der Waals surface area contributed by atoms with E-state index in [1.165, 1.54) is 36.7 Å². The zero-order chi connectivity index (χ0) is 14.5. The molecule has 3 nitrogen and oxygen atoms in total. The van der Waals surface area contributed by atoms with Crippen LogP contribution in [0.1, 0.15) is 24.8 Å². The molecule has 21 heavy (non-hydrogen) atoms. The highest BCUT2D eigenvalue weighted by Gasteiger charge is 2.11. The molecule has 0 unspecified atom stereocenters. The van der Waals surface area contributed by atoms with Crippen LogP contribution in [0.2, 0.25) is 0 Å². The highest BCUT2D eigenvalue weighted by molar-refractivity contribution is 5.87. The van der Waals surface area contributed by atoms with E-state index in [1.54, 1.807) is 0 Å². The van der Waals surface area contributed by atoms with Crippen LogP contribution in [0.4, 0.5) is 0 Å². The number of nitrogens with zero attached hydrogens (tertiary/aromatic N) is 1. The first-order valence-corrected chi connectivity index (χ1v) is 7.94. The summed E-state index contributed by atoms with van der Waals surface area (Å²) in [6.07, 6.45) is 3.78. The molecule has 3 heteroatoms. The molecule has 1 fully saturated rings. The van der Waals surface area contributed by atoms with E-state index >= 15 is 0 Å². The Balaban J connectivity index is 1.63. The number of fused-ring (bicyclic) bond motifs is 1. The molecule has 2 N–H and O–H groups in total. The van der Waals surface area contributed by atoms with Crippen LogP contribution in [-0.2, 0) is 6.54 Å². The van der Waals surface area contributed by atoms with Crippen molar-refractivity contribution in [3.05, 3.63) is 42.0 Å². The topological polar surface area (TPSA) is 38.5 Å². The number of rotatable bonds is 6. The van der Waals surface area contributed by atoms with Crippen LogP contribution >= 0.6 is 0 Å². The smallest absolute Gasteiger partial charge is 0.124 e. The van der Waals surface area contributed by atoms with Crippen molar-refractivity contribution in [1.29, 1.82) is 0 Å². The molecule has 0 amide bonds. The minimum atomic E-state index is 0.517. The van der Waals surface area contributed by atoms with Crippen molar-refractivity contribution in [3.8, 4) is 5.75 Å². The quantitative estimate of drug-likeness (QED) is 0.828. The first-order valence-electron chi connectivity index (χ1n) is 7.94. The minimum Gasteiger partial charge on any atom is -0.493 e. The molecule has 1 aliphatic rings. The van der Waals surface area contributed by atoms with Crippen molar-refractivity contribution in [2.45, 2.75) is 25.8 Å². The number of nitrogens with two attached hydrogens (primary N) is 1. The van der Waals surface area contributed by atoms with Gasteiger partial charge in [-0.25, -0.2) is 0 Å². The predicted molar refractivity (Wildman–Crippen MR) is 87.6 cm³/mol. The van der Waals surface area contributed by atoms with Gasteiger partial charge in [-0.05, 0) is 49.2 Å². The molecule has 2 aromatic rings. The standard InChI is InChI=1S/C18H24N2O/c19-14-17-16-7-2-1-6-15(16)8-9-18(17)21-13-5-12-20-10-3-4-11-20/h1-2,6-9H,3-5,10-14,19H2. The number of likely N-dealkylation sites (tertiary alicyclic amines) is 1. The Hall–Kier alpha value is -1.58. The average molecular weight is 284 g/mol. The number of ether oxygens (including phenoxy) is 1. The second-order valence-electron chi connectivity index (χ2n) is 5.72. The predicted octanol–water partition coefficient (Wildman–Crippen LogP) is 3.16. The van der Waals surface area contributed by atoms with Gasteiger partial charge in [0.1, 0.15) is 5.75 Å². The molecule has 0 atom stereocenters. The maximum absolute atomic E-state index is 5.99. The maximum atomic E-state index is 5.99. The maximum Gasteiger partial charge on any atom is 0.124 e. The van der Waals surface area contributed by atoms with Gasteiger partial charge in [0.05, 0.1) is 6.61 Å². The monoisotopic (exact) mass is 284 g/mol. The Morgan fingerprint density at radius 3 is 2.67 bits per heavy atom. The van der Waals surface area contributed by atoms with E-state index < -0.39 is 0 Å². The van der Waals surface area contributed by atoms with Gasteiger partial charge in [-0.3, -0.25) is 0 Å². The van der Waals surface area contributed by atoms with Crippen LogP contribution in [0.3, 0.4) is 0 Å². The molecule has 0 aromatic heterocycles. The summed E-state index contributed by atoms with van der Waals surface area (Å²) >= 11 is 0. The summed E-state index contributed by atoms with van der Waals surface area (Å²) in [5.74, 6) is 0.942. The second kappa shape index (κ2) is 6.92. The fraction of sp³-hybridized carbons (Fsp3) is 0.444. The van der Waals surface area contributed by atoms with Gasteiger partial charge < -0.3 is 15.4 Å². The van der Waals surface area contributed by atoms with E-state index in [9.17, 15) is 0 Å². The van der Waals surface area contributed by atoms with Gasteiger partial charge in [0, 0.05) is 18.7 Å². The van der Waals surface area contributed by atoms with Gasteiger partial charge in [-0.2, -0.15) is 0 Å². The highest BCUT2D eigenvalue weighted by Crippen LogP contribution is 2.27. The molecule has 1 aliphatic heterocycles. The average Bonchev–Trinajstić information content (AvgIpc) is 3.04. The lowest BCUT2D eigenvalue weighted by Crippen LogP contribution is -2.22. The number of hydrogen-bond acceptors (Lipinski definition) is 3. The molecule has 0 aliphatic carbocycles. The lowest BCUT2D eigenvalue weighted by molar-refractivity contribution is 0.262.